The molecule has 0 heterocycles. The van der Waals surface area contributed by atoms with Crippen molar-refractivity contribution in [2.45, 2.75) is 53.4 Å². The quantitative estimate of drug-likeness (QED) is 0.624. The van der Waals surface area contributed by atoms with Gasteiger partial charge in [-0.1, -0.05) is 43.5 Å². The van der Waals surface area contributed by atoms with Crippen LogP contribution in [0.1, 0.15) is 53.4 Å². The summed E-state index contributed by atoms with van der Waals surface area (Å²) in [6.45, 7) is 8.42. The Bertz CT molecular complexity index is 261. The monoisotopic (exact) mass is 243 g/mol. The molecule has 3 heteroatoms. The molecule has 94 valence electrons. The zero-order valence-corrected chi connectivity index (χ0v) is 11.9. The Morgan fingerprint density at radius 1 is 1.12 bits per heavy atom. The van der Waals surface area contributed by atoms with Gasteiger partial charge >= 0.3 is 0 Å². The number of amides is 1. The van der Waals surface area contributed by atoms with E-state index in [-0.39, 0.29) is 16.6 Å². The molecule has 0 atom stereocenters. The lowest BCUT2D eigenvalue weighted by molar-refractivity contribution is -0.113. The van der Waals surface area contributed by atoms with E-state index in [4.69, 9.17) is 0 Å². The maximum Gasteiger partial charge on any atom is 0.275 e. The lowest BCUT2D eigenvalue weighted by Gasteiger charge is -2.03. The van der Waals surface area contributed by atoms with Crippen LogP contribution in [-0.4, -0.2) is 17.4 Å². The van der Waals surface area contributed by atoms with Gasteiger partial charge in [-0.3, -0.25) is 4.79 Å². The minimum Gasteiger partial charge on any atom is -0.267 e. The minimum atomic E-state index is -0.0441. The molecule has 0 unspecified atom stereocenters. The van der Waals surface area contributed by atoms with Crippen LogP contribution in [0.25, 0.3) is 0 Å². The molecule has 0 saturated carbocycles. The fourth-order valence-electron chi connectivity index (χ4n) is 1.50. The zero-order valence-electron chi connectivity index (χ0n) is 11.1. The molecule has 0 spiro atoms. The van der Waals surface area contributed by atoms with Crippen molar-refractivity contribution >= 4 is 16.6 Å². The third-order valence-corrected chi connectivity index (χ3v) is 4.31. The molecule has 0 aliphatic rings. The van der Waals surface area contributed by atoms with Gasteiger partial charge in [0, 0.05) is 17.6 Å². The van der Waals surface area contributed by atoms with Crippen LogP contribution in [0.2, 0.25) is 0 Å². The second kappa shape index (κ2) is 9.76. The predicted octanol–water partition coefficient (Wildman–Crippen LogP) is 3.88. The van der Waals surface area contributed by atoms with Gasteiger partial charge in [0.1, 0.15) is 0 Å². The van der Waals surface area contributed by atoms with Crippen LogP contribution < -0.4 is 0 Å². The van der Waals surface area contributed by atoms with E-state index in [0.29, 0.717) is 0 Å². The van der Waals surface area contributed by atoms with Gasteiger partial charge < -0.3 is 0 Å². The van der Waals surface area contributed by atoms with E-state index < -0.39 is 0 Å². The first kappa shape index (κ1) is 15.6. The first-order chi connectivity index (χ1) is 7.63. The van der Waals surface area contributed by atoms with Crippen LogP contribution >= 0.6 is 0 Å². The van der Waals surface area contributed by atoms with Crippen LogP contribution in [0.4, 0.5) is 0 Å². The summed E-state index contributed by atoms with van der Waals surface area (Å²) in [7, 11) is -0.0441. The number of hydrogen-bond acceptors (Lipinski definition) is 1. The molecule has 0 aliphatic carbocycles. The molecule has 0 rings (SSSR count). The van der Waals surface area contributed by atoms with Gasteiger partial charge in [0.15, 0.2) is 0 Å². The molecular formula is C13H25NOS. The van der Waals surface area contributed by atoms with Crippen LogP contribution in [-0.2, 0) is 15.5 Å². The van der Waals surface area contributed by atoms with Crippen LogP contribution in [0.3, 0.4) is 0 Å². The summed E-state index contributed by atoms with van der Waals surface area (Å²) in [6.07, 6.45) is 6.01. The highest BCUT2D eigenvalue weighted by molar-refractivity contribution is 7.87. The summed E-state index contributed by atoms with van der Waals surface area (Å²) < 4.78 is 4.29. The van der Waals surface area contributed by atoms with Crippen LogP contribution in [0.15, 0.2) is 16.0 Å². The summed E-state index contributed by atoms with van der Waals surface area (Å²) in [4.78, 5) is 11.7. The van der Waals surface area contributed by atoms with E-state index in [2.05, 4.69) is 25.1 Å². The number of carbonyl (C=O) groups excluding carboxylic acids is 1. The molecule has 0 aliphatic heterocycles. The molecule has 0 radical (unpaired) electrons. The lowest BCUT2D eigenvalue weighted by atomic mass is 10.2. The van der Waals surface area contributed by atoms with E-state index in [0.717, 1.165) is 42.8 Å². The van der Waals surface area contributed by atoms with Gasteiger partial charge in [-0.05, 0) is 26.2 Å². The largest absolute Gasteiger partial charge is 0.275 e. The molecule has 16 heavy (non-hydrogen) atoms. The molecule has 2 nitrogen and oxygen atoms in total. The Labute approximate surface area is 103 Å². The number of allylic oxidation sites excluding steroid dienone is 1. The maximum absolute atomic E-state index is 11.7. The Morgan fingerprint density at radius 3 is 2.12 bits per heavy atom. The first-order valence-corrected chi connectivity index (χ1v) is 7.76. The van der Waals surface area contributed by atoms with Crippen molar-refractivity contribution in [1.82, 2.24) is 0 Å². The fourth-order valence-corrected chi connectivity index (χ4v) is 3.13. The number of carbonyl (C=O) groups is 1. The minimum absolute atomic E-state index is 0.0313. The topological polar surface area (TPSA) is 29.4 Å². The highest BCUT2D eigenvalue weighted by Crippen LogP contribution is 2.04. The van der Waals surface area contributed by atoms with E-state index in [9.17, 15) is 4.79 Å². The highest BCUT2D eigenvalue weighted by atomic mass is 32.2. The lowest BCUT2D eigenvalue weighted by Crippen LogP contribution is -2.04. The Morgan fingerprint density at radius 2 is 1.69 bits per heavy atom. The van der Waals surface area contributed by atoms with Gasteiger partial charge in [0.05, 0.1) is 0 Å². The van der Waals surface area contributed by atoms with Crippen LogP contribution in [0, 0.1) is 0 Å². The van der Waals surface area contributed by atoms with Gasteiger partial charge in [-0.15, -0.1) is 0 Å². The SMILES string of the molecule is CCC/C(C)=C/C(=O)N=S(CCC)CCC. The van der Waals surface area contributed by atoms with E-state index >= 15 is 0 Å². The van der Waals surface area contributed by atoms with E-state index in [1.165, 1.54) is 0 Å². The zero-order chi connectivity index (χ0) is 12.4. The molecule has 0 bridgehead atoms. The molecule has 0 N–H and O–H groups in total. The molecular weight excluding hydrogens is 218 g/mol. The summed E-state index contributed by atoms with van der Waals surface area (Å²) in [5.74, 6) is 2.08. The van der Waals surface area contributed by atoms with Gasteiger partial charge in [0.25, 0.3) is 5.91 Å². The Balaban J connectivity index is 4.45. The molecule has 0 aromatic rings. The van der Waals surface area contributed by atoms with Crippen molar-refractivity contribution in [1.29, 1.82) is 0 Å². The van der Waals surface area contributed by atoms with Crippen molar-refractivity contribution < 1.29 is 4.79 Å². The van der Waals surface area contributed by atoms with Gasteiger partial charge in [0.2, 0.25) is 0 Å². The predicted molar refractivity (Wildman–Crippen MR) is 73.8 cm³/mol. The fraction of sp³-hybridized carbons (Fsp3) is 0.769. The number of rotatable bonds is 7. The maximum atomic E-state index is 11.7. The molecule has 0 fully saturated rings. The smallest absolute Gasteiger partial charge is 0.267 e. The summed E-state index contributed by atoms with van der Waals surface area (Å²) >= 11 is 0. The Hall–Kier alpha value is -0.440. The number of nitrogens with zero attached hydrogens (tertiary/aromatic N) is 1. The second-order valence-electron chi connectivity index (χ2n) is 4.04. The average Bonchev–Trinajstić information content (AvgIpc) is 2.18. The van der Waals surface area contributed by atoms with Crippen molar-refractivity contribution in [3.8, 4) is 0 Å². The van der Waals surface area contributed by atoms with Gasteiger partial charge in [-0.25, -0.2) is 0 Å². The molecule has 0 saturated heterocycles. The van der Waals surface area contributed by atoms with Crippen molar-refractivity contribution in [2.24, 2.45) is 4.36 Å². The molecule has 0 aromatic carbocycles. The average molecular weight is 243 g/mol. The molecule has 1 amide bonds. The summed E-state index contributed by atoms with van der Waals surface area (Å²) in [5.41, 5.74) is 1.15. The number of hydrogen-bond donors (Lipinski definition) is 0. The third kappa shape index (κ3) is 7.80. The normalized spacial score (nSPS) is 11.9. The van der Waals surface area contributed by atoms with Crippen molar-refractivity contribution in [2.75, 3.05) is 11.5 Å². The van der Waals surface area contributed by atoms with Crippen molar-refractivity contribution in [3.05, 3.63) is 11.6 Å². The Kier molecular flexibility index (Phi) is 9.49. The summed E-state index contributed by atoms with van der Waals surface area (Å²) in [5, 5.41) is 0. The first-order valence-electron chi connectivity index (χ1n) is 6.24. The van der Waals surface area contributed by atoms with E-state index in [1.807, 2.05) is 6.92 Å². The highest BCUT2D eigenvalue weighted by Gasteiger charge is 2.00. The molecule has 0 aromatic heterocycles. The van der Waals surface area contributed by atoms with E-state index in [1.54, 1.807) is 6.08 Å². The second-order valence-corrected chi connectivity index (χ2v) is 5.96. The summed E-state index contributed by atoms with van der Waals surface area (Å²) in [6, 6.07) is 0. The third-order valence-electron chi connectivity index (χ3n) is 2.11. The standard InChI is InChI=1S/C13H25NOS/c1-5-8-12(4)11-13(15)14-16(9-6-2)10-7-3/h11H,5-10H2,1-4H3/b12-11+. The van der Waals surface area contributed by atoms with Crippen LogP contribution in [0.5, 0.6) is 0 Å². The van der Waals surface area contributed by atoms with Gasteiger partial charge in [-0.2, -0.15) is 4.36 Å². The van der Waals surface area contributed by atoms with Crippen molar-refractivity contribution in [3.63, 3.8) is 0 Å².